The predicted molar refractivity (Wildman–Crippen MR) is 108 cm³/mol. The first-order chi connectivity index (χ1) is 14.3. The molecule has 0 aromatic heterocycles. The Morgan fingerprint density at radius 2 is 1.63 bits per heavy atom. The van der Waals surface area contributed by atoms with Gasteiger partial charge in [0.2, 0.25) is 5.91 Å². The standard InChI is InChI=1S/C10H9F3N2O2.C10H21N3/c11-10(12,13)7-3-1-2-6(4-7)9(17)15-5-8(14)16;1-2-6-12(5-1)9-10-13-7-3-11-4-8-13/h1-4H,5H2,(H2,14,16)(H,15,17);11H,1-10H2. The summed E-state index contributed by atoms with van der Waals surface area (Å²) in [5.74, 6) is -1.56. The summed E-state index contributed by atoms with van der Waals surface area (Å²) >= 11 is 0. The maximum absolute atomic E-state index is 12.3. The molecule has 2 amide bonds. The number of hydrogen-bond acceptors (Lipinski definition) is 5. The molecule has 0 aliphatic carbocycles. The first-order valence-electron chi connectivity index (χ1n) is 10.1. The maximum Gasteiger partial charge on any atom is 0.416 e. The first kappa shape index (κ1) is 24.1. The van der Waals surface area contributed by atoms with Gasteiger partial charge >= 0.3 is 6.18 Å². The van der Waals surface area contributed by atoms with Crippen molar-refractivity contribution in [1.82, 2.24) is 20.4 Å². The van der Waals surface area contributed by atoms with Gasteiger partial charge in [-0.25, -0.2) is 0 Å². The Morgan fingerprint density at radius 1 is 1.03 bits per heavy atom. The molecule has 10 heteroatoms. The number of rotatable bonds is 6. The second-order valence-corrected chi connectivity index (χ2v) is 7.37. The minimum absolute atomic E-state index is 0.180. The first-order valence-corrected chi connectivity index (χ1v) is 10.1. The molecule has 7 nitrogen and oxygen atoms in total. The van der Waals surface area contributed by atoms with E-state index >= 15 is 0 Å². The number of primary amides is 1. The van der Waals surface area contributed by atoms with E-state index in [1.165, 1.54) is 71.3 Å². The zero-order chi connectivity index (χ0) is 22.0. The van der Waals surface area contributed by atoms with Crippen LogP contribution in [0.5, 0.6) is 0 Å². The number of halogens is 3. The zero-order valence-corrected chi connectivity index (χ0v) is 17.0. The SMILES string of the molecule is C1CCN(CCN2CCNCC2)C1.NC(=O)CNC(=O)c1cccc(C(F)(F)F)c1. The van der Waals surface area contributed by atoms with Crippen molar-refractivity contribution < 1.29 is 22.8 Å². The van der Waals surface area contributed by atoms with Crippen molar-refractivity contribution in [2.45, 2.75) is 19.0 Å². The summed E-state index contributed by atoms with van der Waals surface area (Å²) in [6.07, 6.45) is -1.68. The summed E-state index contributed by atoms with van der Waals surface area (Å²) in [4.78, 5) is 26.9. The molecule has 2 heterocycles. The summed E-state index contributed by atoms with van der Waals surface area (Å²) < 4.78 is 37.0. The number of benzene rings is 1. The Morgan fingerprint density at radius 3 is 2.20 bits per heavy atom. The maximum atomic E-state index is 12.3. The van der Waals surface area contributed by atoms with E-state index in [9.17, 15) is 22.8 Å². The van der Waals surface area contributed by atoms with Gasteiger partial charge in [0.05, 0.1) is 12.1 Å². The monoisotopic (exact) mass is 429 g/mol. The Balaban J connectivity index is 0.000000220. The third-order valence-electron chi connectivity index (χ3n) is 5.02. The summed E-state index contributed by atoms with van der Waals surface area (Å²) in [6, 6.07) is 3.88. The number of alkyl halides is 3. The van der Waals surface area contributed by atoms with E-state index in [0.717, 1.165) is 12.1 Å². The van der Waals surface area contributed by atoms with Crippen molar-refractivity contribution in [3.63, 3.8) is 0 Å². The Bertz CT molecular complexity index is 687. The Hall–Kier alpha value is -2.17. The summed E-state index contributed by atoms with van der Waals surface area (Å²) in [5, 5.41) is 5.48. The number of carbonyl (C=O) groups is 2. The molecule has 4 N–H and O–H groups in total. The molecule has 0 saturated carbocycles. The number of carbonyl (C=O) groups excluding carboxylic acids is 2. The number of piperazine rings is 1. The van der Waals surface area contributed by atoms with Crippen molar-refractivity contribution in [3.8, 4) is 0 Å². The van der Waals surface area contributed by atoms with Crippen LogP contribution in [0.1, 0.15) is 28.8 Å². The quantitative estimate of drug-likeness (QED) is 0.625. The Kier molecular flexibility index (Phi) is 9.54. The molecule has 1 aromatic rings. The summed E-state index contributed by atoms with van der Waals surface area (Å²) in [7, 11) is 0. The number of nitrogens with two attached hydrogens (primary N) is 1. The van der Waals surface area contributed by atoms with Gasteiger partial charge in [0.15, 0.2) is 0 Å². The second kappa shape index (κ2) is 11.9. The molecule has 0 radical (unpaired) electrons. The fraction of sp³-hybridized carbons (Fsp3) is 0.600. The normalized spacial score (nSPS) is 17.8. The van der Waals surface area contributed by atoms with Crippen LogP contribution in [0, 0.1) is 0 Å². The van der Waals surface area contributed by atoms with Crippen molar-refractivity contribution in [2.75, 3.05) is 58.9 Å². The zero-order valence-electron chi connectivity index (χ0n) is 17.0. The van der Waals surface area contributed by atoms with E-state index in [1.807, 2.05) is 0 Å². The van der Waals surface area contributed by atoms with Crippen LogP contribution < -0.4 is 16.4 Å². The highest BCUT2D eigenvalue weighted by molar-refractivity contribution is 5.96. The van der Waals surface area contributed by atoms with Crippen molar-refractivity contribution in [2.24, 2.45) is 5.73 Å². The number of amides is 2. The van der Waals surface area contributed by atoms with Crippen LogP contribution in [0.2, 0.25) is 0 Å². The fourth-order valence-corrected chi connectivity index (χ4v) is 3.33. The van der Waals surface area contributed by atoms with E-state index in [4.69, 9.17) is 5.73 Å². The summed E-state index contributed by atoms with van der Waals surface area (Å²) in [6.45, 7) is 9.68. The van der Waals surface area contributed by atoms with E-state index in [2.05, 4.69) is 20.4 Å². The molecule has 0 bridgehead atoms. The number of hydrogen-bond donors (Lipinski definition) is 3. The molecule has 2 aliphatic heterocycles. The molecule has 2 saturated heterocycles. The molecule has 30 heavy (non-hydrogen) atoms. The smallest absolute Gasteiger partial charge is 0.368 e. The van der Waals surface area contributed by atoms with E-state index < -0.39 is 30.1 Å². The van der Waals surface area contributed by atoms with Crippen molar-refractivity contribution in [3.05, 3.63) is 35.4 Å². The lowest BCUT2D eigenvalue weighted by atomic mass is 10.1. The van der Waals surface area contributed by atoms with Gasteiger partial charge in [-0.1, -0.05) is 6.07 Å². The van der Waals surface area contributed by atoms with Gasteiger partial charge in [0, 0.05) is 44.8 Å². The minimum Gasteiger partial charge on any atom is -0.368 e. The number of likely N-dealkylation sites (tertiary alicyclic amines) is 1. The van der Waals surface area contributed by atoms with Crippen LogP contribution in [-0.2, 0) is 11.0 Å². The van der Waals surface area contributed by atoms with Gasteiger partial charge in [-0.05, 0) is 44.1 Å². The highest BCUT2D eigenvalue weighted by Gasteiger charge is 2.30. The topological polar surface area (TPSA) is 90.7 Å². The van der Waals surface area contributed by atoms with Gasteiger partial charge in [-0.2, -0.15) is 13.2 Å². The molecular weight excluding hydrogens is 399 g/mol. The predicted octanol–water partition coefficient (Wildman–Crippen LogP) is 0.908. The van der Waals surface area contributed by atoms with E-state index in [-0.39, 0.29) is 5.56 Å². The van der Waals surface area contributed by atoms with Crippen molar-refractivity contribution in [1.29, 1.82) is 0 Å². The van der Waals surface area contributed by atoms with Crippen LogP contribution in [0.3, 0.4) is 0 Å². The highest BCUT2D eigenvalue weighted by atomic mass is 19.4. The molecule has 2 fully saturated rings. The molecule has 2 aliphatic rings. The lowest BCUT2D eigenvalue weighted by molar-refractivity contribution is -0.137. The number of nitrogens with one attached hydrogen (secondary N) is 2. The van der Waals surface area contributed by atoms with Gasteiger partial charge in [0.25, 0.3) is 5.91 Å². The molecule has 3 rings (SSSR count). The van der Waals surface area contributed by atoms with Crippen LogP contribution in [0.25, 0.3) is 0 Å². The summed E-state index contributed by atoms with van der Waals surface area (Å²) in [5.41, 5.74) is 3.68. The van der Waals surface area contributed by atoms with E-state index in [1.54, 1.807) is 0 Å². The van der Waals surface area contributed by atoms with Crippen LogP contribution >= 0.6 is 0 Å². The molecule has 168 valence electrons. The van der Waals surface area contributed by atoms with Gasteiger partial charge in [-0.15, -0.1) is 0 Å². The van der Waals surface area contributed by atoms with Gasteiger partial charge < -0.3 is 21.3 Å². The van der Waals surface area contributed by atoms with Gasteiger partial charge in [0.1, 0.15) is 0 Å². The van der Waals surface area contributed by atoms with Gasteiger partial charge in [-0.3, -0.25) is 14.5 Å². The molecule has 0 unspecified atom stereocenters. The van der Waals surface area contributed by atoms with Crippen molar-refractivity contribution >= 4 is 11.8 Å². The fourth-order valence-electron chi connectivity index (χ4n) is 3.33. The molecule has 1 aromatic carbocycles. The lowest BCUT2D eigenvalue weighted by Gasteiger charge is -2.28. The molecule has 0 spiro atoms. The average Bonchev–Trinajstić information content (AvgIpc) is 3.25. The minimum atomic E-state index is -4.51. The third-order valence-corrected chi connectivity index (χ3v) is 5.02. The average molecular weight is 429 g/mol. The molecular formula is C20H30F3N5O2. The third kappa shape index (κ3) is 8.68. The van der Waals surface area contributed by atoms with Crippen LogP contribution in [0.4, 0.5) is 13.2 Å². The molecule has 0 atom stereocenters. The largest absolute Gasteiger partial charge is 0.416 e. The second-order valence-electron chi connectivity index (χ2n) is 7.37. The van der Waals surface area contributed by atoms with Crippen LogP contribution in [-0.4, -0.2) is 80.5 Å². The Labute approximate surface area is 174 Å². The van der Waals surface area contributed by atoms with E-state index in [0.29, 0.717) is 6.07 Å². The van der Waals surface area contributed by atoms with Crippen LogP contribution in [0.15, 0.2) is 24.3 Å². The highest BCUT2D eigenvalue weighted by Crippen LogP contribution is 2.29. The lowest BCUT2D eigenvalue weighted by Crippen LogP contribution is -2.46. The number of nitrogens with zero attached hydrogens (tertiary/aromatic N) is 2.